The lowest BCUT2D eigenvalue weighted by Crippen LogP contribution is -2.12. The Balaban J connectivity index is 1.22. The second-order valence-corrected chi connectivity index (χ2v) is 17.2. The Bertz CT molecular complexity index is 3810. The number of alkyl halides is 3. The molecule has 0 saturated carbocycles. The van der Waals surface area contributed by atoms with Crippen LogP contribution in [0.15, 0.2) is 213 Å². The molecule has 4 heterocycles. The Morgan fingerprint density at radius 1 is 0.435 bits per heavy atom. The maximum absolute atomic E-state index is 15.8. The minimum atomic E-state index is -4.73. The molecular weight excluding hydrogens is 860 g/mol. The highest BCUT2D eigenvalue weighted by Crippen LogP contribution is 2.48. The maximum Gasteiger partial charge on any atom is 0.417 e. The first kappa shape index (κ1) is 41.4. The first-order valence-electron chi connectivity index (χ1n) is 22.6. The van der Waals surface area contributed by atoms with Crippen molar-refractivity contribution in [1.82, 2.24) is 19.1 Å². The summed E-state index contributed by atoms with van der Waals surface area (Å²) in [6.07, 6.45) is -1.17. The molecule has 0 aliphatic heterocycles. The Morgan fingerprint density at radius 3 is 1.38 bits per heavy atom. The van der Waals surface area contributed by atoms with Crippen molar-refractivity contribution in [2.24, 2.45) is 0 Å². The van der Waals surface area contributed by atoms with Gasteiger partial charge in [-0.15, -0.1) is 0 Å². The van der Waals surface area contributed by atoms with Crippen LogP contribution in [0, 0.1) is 18.3 Å². The van der Waals surface area contributed by atoms with Crippen LogP contribution < -0.4 is 0 Å². The van der Waals surface area contributed by atoms with Gasteiger partial charge in [0, 0.05) is 67.3 Å². The summed E-state index contributed by atoms with van der Waals surface area (Å²) in [5.41, 5.74) is 11.3. The molecule has 4 aromatic heterocycles. The Kier molecular flexibility index (Phi) is 9.82. The molecule has 8 aromatic carbocycles. The Morgan fingerprint density at radius 2 is 0.899 bits per heavy atom. The van der Waals surface area contributed by atoms with E-state index in [1.165, 1.54) is 6.07 Å². The zero-order valence-electron chi connectivity index (χ0n) is 37.1. The topological polar surface area (TPSA) is 59.4 Å². The van der Waals surface area contributed by atoms with E-state index >= 15 is 13.2 Å². The maximum atomic E-state index is 15.8. The molecule has 0 fully saturated rings. The zero-order chi connectivity index (χ0) is 46.8. The van der Waals surface area contributed by atoms with Gasteiger partial charge in [0.15, 0.2) is 0 Å². The van der Waals surface area contributed by atoms with Gasteiger partial charge in [0.05, 0.1) is 62.0 Å². The summed E-state index contributed by atoms with van der Waals surface area (Å²) in [4.78, 5) is 9.65. The average molecular weight is 898 g/mol. The molecule has 0 radical (unpaired) electrons. The number of aryl methyl sites for hydroxylation is 1. The highest BCUT2D eigenvalue weighted by molar-refractivity contribution is 6.13. The zero-order valence-corrected chi connectivity index (χ0v) is 37.1. The molecule has 0 amide bonds. The molecule has 328 valence electrons. The number of nitrogens with zero attached hydrogens (tertiary/aromatic N) is 5. The second kappa shape index (κ2) is 16.4. The van der Waals surface area contributed by atoms with Crippen LogP contribution in [0.1, 0.15) is 16.7 Å². The number of fused-ring (bicyclic) bond motifs is 6. The lowest BCUT2D eigenvalue weighted by molar-refractivity contribution is -0.137. The molecule has 12 rings (SSSR count). The molecular formula is C61H38F3N5. The van der Waals surface area contributed by atoms with Gasteiger partial charge in [0.2, 0.25) is 0 Å². The third-order valence-corrected chi connectivity index (χ3v) is 13.2. The van der Waals surface area contributed by atoms with Gasteiger partial charge in [-0.2, -0.15) is 18.4 Å². The quantitative estimate of drug-likeness (QED) is 0.160. The molecule has 0 unspecified atom stereocenters. The normalized spacial score (nSPS) is 11.8. The number of rotatable bonds is 7. The van der Waals surface area contributed by atoms with Crippen LogP contribution in [0.5, 0.6) is 0 Å². The summed E-state index contributed by atoms with van der Waals surface area (Å²) in [5.74, 6) is 0. The first-order valence-corrected chi connectivity index (χ1v) is 22.6. The molecule has 0 N–H and O–H groups in total. The summed E-state index contributed by atoms with van der Waals surface area (Å²) < 4.78 is 51.4. The van der Waals surface area contributed by atoms with Crippen molar-refractivity contribution >= 4 is 43.6 Å². The molecule has 5 nitrogen and oxygen atoms in total. The smallest absolute Gasteiger partial charge is 0.308 e. The standard InChI is InChI=1S/C61H38F3N5/c1-38-15-12-24-50(61(62,63)64)57(38)58-55(68-51-25-10-8-20-46(51)48-29-27-42(35-53(48)68)44-22-13-31-66-59(44)40-16-4-2-5-17-40)33-39(37-65)34-56(58)69-52-26-11-9-21-47(52)49-30-28-43(36-54(49)69)45-23-14-32-67-60(45)41-18-6-3-7-19-41/h2-36H,1H3. The third-order valence-electron chi connectivity index (χ3n) is 13.2. The molecule has 0 aliphatic rings. The highest BCUT2D eigenvalue weighted by Gasteiger charge is 2.37. The van der Waals surface area contributed by atoms with Gasteiger partial charge in [-0.05, 0) is 78.2 Å². The number of pyridine rings is 2. The minimum Gasteiger partial charge on any atom is -0.308 e. The monoisotopic (exact) mass is 897 g/mol. The van der Waals surface area contributed by atoms with E-state index in [-0.39, 0.29) is 11.1 Å². The van der Waals surface area contributed by atoms with Gasteiger partial charge >= 0.3 is 6.18 Å². The number of hydrogen-bond acceptors (Lipinski definition) is 3. The second-order valence-electron chi connectivity index (χ2n) is 17.2. The van der Waals surface area contributed by atoms with E-state index in [1.54, 1.807) is 37.5 Å². The number of aromatic nitrogens is 4. The number of halogens is 3. The van der Waals surface area contributed by atoms with Crippen molar-refractivity contribution < 1.29 is 13.2 Å². The van der Waals surface area contributed by atoms with Crippen molar-refractivity contribution in [3.63, 3.8) is 0 Å². The van der Waals surface area contributed by atoms with Crippen LogP contribution in [-0.2, 0) is 6.18 Å². The molecule has 0 bridgehead atoms. The Hall–Kier alpha value is -9.06. The van der Waals surface area contributed by atoms with Crippen molar-refractivity contribution in [3.8, 4) is 73.3 Å². The van der Waals surface area contributed by atoms with Crippen LogP contribution in [0.4, 0.5) is 13.2 Å². The molecule has 69 heavy (non-hydrogen) atoms. The van der Waals surface area contributed by atoms with Gasteiger partial charge in [-0.1, -0.05) is 146 Å². The number of hydrogen-bond donors (Lipinski definition) is 0. The van der Waals surface area contributed by atoms with Crippen molar-refractivity contribution in [2.75, 3.05) is 0 Å². The van der Waals surface area contributed by atoms with E-state index in [0.29, 0.717) is 22.5 Å². The third kappa shape index (κ3) is 6.86. The highest BCUT2D eigenvalue weighted by atomic mass is 19.4. The van der Waals surface area contributed by atoms with Crippen LogP contribution >= 0.6 is 0 Å². The van der Waals surface area contributed by atoms with Gasteiger partial charge in [-0.25, -0.2) is 0 Å². The summed E-state index contributed by atoms with van der Waals surface area (Å²) in [7, 11) is 0. The van der Waals surface area contributed by atoms with Gasteiger partial charge in [0.25, 0.3) is 0 Å². The summed E-state index contributed by atoms with van der Waals surface area (Å²) in [6.45, 7) is 1.73. The van der Waals surface area contributed by atoms with E-state index < -0.39 is 11.7 Å². The lowest BCUT2D eigenvalue weighted by atomic mass is 9.90. The van der Waals surface area contributed by atoms with Crippen LogP contribution in [0.2, 0.25) is 0 Å². The SMILES string of the molecule is Cc1cccc(C(F)(F)F)c1-c1c(-n2c3ccccc3c3ccc(-c4cccnc4-c4ccccc4)cc32)cc(C#N)cc1-n1c2ccccc2c2ccc(-c3cccnc3-c3ccccc3)cc21. The predicted octanol–water partition coefficient (Wildman–Crippen LogP) is 16.2. The van der Waals surface area contributed by atoms with E-state index in [4.69, 9.17) is 9.97 Å². The van der Waals surface area contributed by atoms with Crippen molar-refractivity contribution in [2.45, 2.75) is 13.1 Å². The van der Waals surface area contributed by atoms with E-state index in [0.717, 1.165) is 94.4 Å². The number of para-hydroxylation sites is 2. The first-order chi connectivity index (χ1) is 33.8. The molecule has 8 heteroatoms. The number of nitriles is 1. The average Bonchev–Trinajstić information content (AvgIpc) is 3.90. The van der Waals surface area contributed by atoms with E-state index in [2.05, 4.69) is 42.5 Å². The fraction of sp³-hybridized carbons (Fsp3) is 0.0328. The van der Waals surface area contributed by atoms with Crippen LogP contribution in [-0.4, -0.2) is 19.1 Å². The van der Waals surface area contributed by atoms with Gasteiger partial charge in [0.1, 0.15) is 0 Å². The molecule has 0 atom stereocenters. The minimum absolute atomic E-state index is 0.0286. The largest absolute Gasteiger partial charge is 0.417 e. The lowest BCUT2D eigenvalue weighted by Gasteiger charge is -2.24. The number of benzene rings is 8. The Labute approximate surface area is 395 Å². The summed E-state index contributed by atoms with van der Waals surface area (Å²) >= 11 is 0. The summed E-state index contributed by atoms with van der Waals surface area (Å²) in [6, 6.07) is 66.5. The van der Waals surface area contributed by atoms with Crippen molar-refractivity contribution in [3.05, 3.63) is 229 Å². The molecule has 12 aromatic rings. The molecule has 0 aliphatic carbocycles. The predicted molar refractivity (Wildman–Crippen MR) is 272 cm³/mol. The fourth-order valence-electron chi connectivity index (χ4n) is 10.2. The van der Waals surface area contributed by atoms with Crippen LogP contribution in [0.3, 0.4) is 0 Å². The fourth-order valence-corrected chi connectivity index (χ4v) is 10.2. The van der Waals surface area contributed by atoms with E-state index in [1.807, 2.05) is 143 Å². The van der Waals surface area contributed by atoms with Crippen molar-refractivity contribution in [1.29, 1.82) is 5.26 Å². The molecule has 0 spiro atoms. The molecule has 0 saturated heterocycles. The van der Waals surface area contributed by atoms with Gasteiger partial charge < -0.3 is 9.13 Å². The van der Waals surface area contributed by atoms with Gasteiger partial charge in [-0.3, -0.25) is 9.97 Å². The summed E-state index contributed by atoms with van der Waals surface area (Å²) in [5, 5.41) is 14.7. The van der Waals surface area contributed by atoms with Crippen LogP contribution in [0.25, 0.3) is 111 Å². The van der Waals surface area contributed by atoms with E-state index in [9.17, 15) is 5.26 Å².